The maximum absolute atomic E-state index is 12.2. The number of unbranched alkanes of at least 4 members (excludes halogenated alkanes) is 1. The Morgan fingerprint density at radius 3 is 2.69 bits per heavy atom. The molecule has 0 radical (unpaired) electrons. The van der Waals surface area contributed by atoms with Crippen molar-refractivity contribution in [2.75, 3.05) is 39.3 Å². The lowest BCUT2D eigenvalue weighted by Crippen LogP contribution is -2.49. The molecule has 10 heteroatoms. The average Bonchev–Trinajstić information content (AvgIpc) is 2.71. The summed E-state index contributed by atoms with van der Waals surface area (Å²) in [5.41, 5.74) is 0. The minimum atomic E-state index is -3.54. The maximum atomic E-state index is 12.2. The number of rotatable bonds is 10. The van der Waals surface area contributed by atoms with Gasteiger partial charge in [0.15, 0.2) is 5.96 Å². The summed E-state index contributed by atoms with van der Waals surface area (Å²) in [5.74, 6) is 0.745. The number of hydrogen-bond acceptors (Lipinski definition) is 5. The topological polar surface area (TPSA) is 98.7 Å². The van der Waals surface area contributed by atoms with Crippen LogP contribution in [0.4, 0.5) is 0 Å². The minimum absolute atomic E-state index is 0. The Balaban J connectivity index is 0.00000420. The first-order valence-electron chi connectivity index (χ1n) is 10.2. The zero-order valence-corrected chi connectivity index (χ0v) is 20.6. The summed E-state index contributed by atoms with van der Waals surface area (Å²) in [6, 6.07) is 3.53. The zero-order valence-electron chi connectivity index (χ0n) is 17.4. The molecule has 1 aromatic heterocycles. The van der Waals surface area contributed by atoms with Crippen LogP contribution >= 0.6 is 24.0 Å². The standard InChI is InChI=1S/C19H34N6O2S.HI/c1-3-5-13-25-14-8-17(9-15-25)24-19(21-4-2)22-11-12-23-28(26,27)18-7-6-10-20-16-18;/h6-7,10,16-17,23H,3-5,8-9,11-15H2,1-2H3,(H2,21,22,24);1H. The highest BCUT2D eigenvalue weighted by molar-refractivity contribution is 14.0. The number of halogens is 1. The molecule has 0 aromatic carbocycles. The zero-order chi connectivity index (χ0) is 20.2. The molecular formula is C19H35IN6O2S. The summed E-state index contributed by atoms with van der Waals surface area (Å²) in [6.07, 6.45) is 7.58. The third-order valence-corrected chi connectivity index (χ3v) is 6.17. The molecule has 0 unspecified atom stereocenters. The van der Waals surface area contributed by atoms with Gasteiger partial charge in [0.25, 0.3) is 0 Å². The van der Waals surface area contributed by atoms with Crippen LogP contribution in [0, 0.1) is 0 Å². The van der Waals surface area contributed by atoms with E-state index in [-0.39, 0.29) is 35.4 Å². The van der Waals surface area contributed by atoms with E-state index in [4.69, 9.17) is 0 Å². The molecule has 1 saturated heterocycles. The van der Waals surface area contributed by atoms with Crippen LogP contribution in [-0.2, 0) is 10.0 Å². The number of pyridine rings is 1. The van der Waals surface area contributed by atoms with Crippen molar-refractivity contribution in [1.82, 2.24) is 25.2 Å². The van der Waals surface area contributed by atoms with E-state index in [0.29, 0.717) is 12.6 Å². The average molecular weight is 539 g/mol. The molecule has 29 heavy (non-hydrogen) atoms. The fourth-order valence-corrected chi connectivity index (χ4v) is 4.12. The van der Waals surface area contributed by atoms with Crippen molar-refractivity contribution in [1.29, 1.82) is 0 Å². The fourth-order valence-electron chi connectivity index (χ4n) is 3.13. The first kappa shape index (κ1) is 26.1. The van der Waals surface area contributed by atoms with Gasteiger partial charge in [-0.05, 0) is 44.9 Å². The summed E-state index contributed by atoms with van der Waals surface area (Å²) < 4.78 is 26.9. The van der Waals surface area contributed by atoms with E-state index in [0.717, 1.165) is 38.4 Å². The van der Waals surface area contributed by atoms with Gasteiger partial charge in [0.05, 0.1) is 6.54 Å². The Labute approximate surface area is 192 Å². The summed E-state index contributed by atoms with van der Waals surface area (Å²) in [4.78, 5) is 11.1. The van der Waals surface area contributed by atoms with E-state index < -0.39 is 10.0 Å². The monoisotopic (exact) mass is 538 g/mol. The minimum Gasteiger partial charge on any atom is -0.357 e. The lowest BCUT2D eigenvalue weighted by molar-refractivity contribution is 0.203. The van der Waals surface area contributed by atoms with Crippen molar-refractivity contribution in [2.45, 2.75) is 50.5 Å². The van der Waals surface area contributed by atoms with Crippen molar-refractivity contribution in [3.63, 3.8) is 0 Å². The smallest absolute Gasteiger partial charge is 0.242 e. The van der Waals surface area contributed by atoms with Gasteiger partial charge in [-0.3, -0.25) is 9.98 Å². The molecule has 1 aliphatic rings. The van der Waals surface area contributed by atoms with Gasteiger partial charge < -0.3 is 15.5 Å². The lowest BCUT2D eigenvalue weighted by atomic mass is 10.0. The number of nitrogens with one attached hydrogen (secondary N) is 3. The second kappa shape index (κ2) is 14.1. The lowest BCUT2D eigenvalue weighted by Gasteiger charge is -2.33. The molecule has 0 amide bonds. The van der Waals surface area contributed by atoms with Gasteiger partial charge in [-0.25, -0.2) is 13.1 Å². The van der Waals surface area contributed by atoms with Crippen molar-refractivity contribution < 1.29 is 8.42 Å². The van der Waals surface area contributed by atoms with Gasteiger partial charge in [-0.1, -0.05) is 13.3 Å². The van der Waals surface area contributed by atoms with E-state index in [2.05, 4.69) is 37.2 Å². The van der Waals surface area contributed by atoms with Crippen LogP contribution < -0.4 is 15.4 Å². The van der Waals surface area contributed by atoms with Crippen molar-refractivity contribution >= 4 is 40.0 Å². The van der Waals surface area contributed by atoms with Crippen LogP contribution in [0.5, 0.6) is 0 Å². The largest absolute Gasteiger partial charge is 0.357 e. The molecule has 0 aliphatic carbocycles. The molecule has 0 spiro atoms. The van der Waals surface area contributed by atoms with Crippen LogP contribution in [0.15, 0.2) is 34.4 Å². The number of piperidine rings is 1. The maximum Gasteiger partial charge on any atom is 0.242 e. The molecule has 1 fully saturated rings. The summed E-state index contributed by atoms with van der Waals surface area (Å²) >= 11 is 0. The van der Waals surface area contributed by atoms with Crippen molar-refractivity contribution in [3.8, 4) is 0 Å². The SMILES string of the molecule is CCCCN1CCC(NC(=NCCNS(=O)(=O)c2cccnc2)NCC)CC1.I. The summed E-state index contributed by atoms with van der Waals surface area (Å²) in [6.45, 7) is 9.04. The number of hydrogen-bond donors (Lipinski definition) is 3. The number of nitrogens with zero attached hydrogens (tertiary/aromatic N) is 3. The fraction of sp³-hybridized carbons (Fsp3) is 0.684. The van der Waals surface area contributed by atoms with Gasteiger partial charge in [-0.15, -0.1) is 24.0 Å². The molecule has 0 bridgehead atoms. The van der Waals surface area contributed by atoms with Gasteiger partial charge >= 0.3 is 0 Å². The third-order valence-electron chi connectivity index (χ3n) is 4.72. The molecule has 1 aliphatic heterocycles. The first-order chi connectivity index (χ1) is 13.5. The first-order valence-corrected chi connectivity index (χ1v) is 11.7. The molecule has 166 valence electrons. The van der Waals surface area contributed by atoms with E-state index in [1.807, 2.05) is 6.92 Å². The highest BCUT2D eigenvalue weighted by Gasteiger charge is 2.19. The number of likely N-dealkylation sites (tertiary alicyclic amines) is 1. The Kier molecular flexibility index (Phi) is 12.7. The highest BCUT2D eigenvalue weighted by atomic mass is 127. The normalized spacial score (nSPS) is 16.3. The molecule has 0 saturated carbocycles. The number of guanidine groups is 1. The summed E-state index contributed by atoms with van der Waals surface area (Å²) in [5, 5.41) is 6.73. The second-order valence-electron chi connectivity index (χ2n) is 6.96. The van der Waals surface area contributed by atoms with Crippen molar-refractivity contribution in [2.24, 2.45) is 4.99 Å². The Morgan fingerprint density at radius 1 is 1.31 bits per heavy atom. The van der Waals surface area contributed by atoms with Crippen LogP contribution in [0.2, 0.25) is 0 Å². The van der Waals surface area contributed by atoms with Gasteiger partial charge in [0, 0.05) is 44.6 Å². The molecule has 1 aromatic rings. The summed E-state index contributed by atoms with van der Waals surface area (Å²) in [7, 11) is -3.54. The van der Waals surface area contributed by atoms with Gasteiger partial charge in [0.2, 0.25) is 10.0 Å². The van der Waals surface area contributed by atoms with E-state index in [1.54, 1.807) is 12.3 Å². The van der Waals surface area contributed by atoms with Crippen LogP contribution in [0.3, 0.4) is 0 Å². The van der Waals surface area contributed by atoms with E-state index in [1.165, 1.54) is 31.6 Å². The number of aliphatic imine (C=N–C) groups is 1. The molecule has 3 N–H and O–H groups in total. The molecule has 0 atom stereocenters. The van der Waals surface area contributed by atoms with Crippen molar-refractivity contribution in [3.05, 3.63) is 24.5 Å². The predicted molar refractivity (Wildman–Crippen MR) is 128 cm³/mol. The molecule has 2 heterocycles. The third kappa shape index (κ3) is 9.58. The Bertz CT molecular complexity index is 694. The van der Waals surface area contributed by atoms with Crippen LogP contribution in [-0.4, -0.2) is 69.6 Å². The molecular weight excluding hydrogens is 503 g/mol. The number of aromatic nitrogens is 1. The van der Waals surface area contributed by atoms with Gasteiger partial charge in [0.1, 0.15) is 4.90 Å². The molecule has 8 nitrogen and oxygen atoms in total. The van der Waals surface area contributed by atoms with E-state index in [9.17, 15) is 8.42 Å². The number of sulfonamides is 1. The second-order valence-corrected chi connectivity index (χ2v) is 8.73. The Morgan fingerprint density at radius 2 is 2.07 bits per heavy atom. The molecule has 2 rings (SSSR count). The van der Waals surface area contributed by atoms with Gasteiger partial charge in [-0.2, -0.15) is 0 Å². The highest BCUT2D eigenvalue weighted by Crippen LogP contribution is 2.11. The predicted octanol–water partition coefficient (Wildman–Crippen LogP) is 1.80. The van der Waals surface area contributed by atoms with Crippen LogP contribution in [0.25, 0.3) is 0 Å². The van der Waals surface area contributed by atoms with Crippen LogP contribution in [0.1, 0.15) is 39.5 Å². The Hall–Kier alpha value is -0.980. The quantitative estimate of drug-likeness (QED) is 0.182. The van der Waals surface area contributed by atoms with E-state index >= 15 is 0 Å².